The van der Waals surface area contributed by atoms with E-state index in [-0.39, 0.29) is 18.9 Å². The number of carboxylic acids is 1. The van der Waals surface area contributed by atoms with Gasteiger partial charge >= 0.3 is 5.97 Å². The van der Waals surface area contributed by atoms with Crippen LogP contribution in [0.5, 0.6) is 0 Å². The quantitative estimate of drug-likeness (QED) is 0.792. The second kappa shape index (κ2) is 8.93. The number of hydrogen-bond acceptors (Lipinski definition) is 3. The third-order valence-corrected chi connectivity index (χ3v) is 4.89. The van der Waals surface area contributed by atoms with Gasteiger partial charge in [0, 0.05) is 32.2 Å². The van der Waals surface area contributed by atoms with Gasteiger partial charge in [-0.25, -0.2) is 8.78 Å². The molecule has 0 radical (unpaired) electrons. The number of halogens is 2. The molecule has 0 aromatic heterocycles. The maximum Gasteiger partial charge on any atom is 0.305 e. The molecular formula is C21H22F2N2O3. The lowest BCUT2D eigenvalue weighted by Crippen LogP contribution is -2.57. The van der Waals surface area contributed by atoms with Gasteiger partial charge in [0.15, 0.2) is 0 Å². The van der Waals surface area contributed by atoms with Crippen molar-refractivity contribution in [3.8, 4) is 0 Å². The zero-order valence-corrected chi connectivity index (χ0v) is 15.4. The summed E-state index contributed by atoms with van der Waals surface area (Å²) in [5.74, 6) is -2.79. The number of benzene rings is 2. The summed E-state index contributed by atoms with van der Waals surface area (Å²) in [6.07, 6.45) is 0.404. The van der Waals surface area contributed by atoms with Gasteiger partial charge in [-0.15, -0.1) is 0 Å². The second-order valence-electron chi connectivity index (χ2n) is 6.92. The zero-order valence-electron chi connectivity index (χ0n) is 15.4. The first-order valence-corrected chi connectivity index (χ1v) is 9.16. The minimum absolute atomic E-state index is 0.0517. The Bertz CT molecular complexity index is 825. The van der Waals surface area contributed by atoms with Crippen molar-refractivity contribution in [3.05, 3.63) is 71.3 Å². The fraction of sp³-hybridized carbons (Fsp3) is 0.333. The highest BCUT2D eigenvalue weighted by Crippen LogP contribution is 2.19. The van der Waals surface area contributed by atoms with Crippen LogP contribution in [-0.4, -0.2) is 52.5 Å². The highest BCUT2D eigenvalue weighted by atomic mass is 19.1. The summed E-state index contributed by atoms with van der Waals surface area (Å²) in [5, 5.41) is 9.24. The molecule has 1 N–H and O–H groups in total. The molecule has 0 saturated carbocycles. The van der Waals surface area contributed by atoms with Gasteiger partial charge in [0.2, 0.25) is 5.91 Å². The number of piperazine rings is 1. The smallest absolute Gasteiger partial charge is 0.305 e. The first kappa shape index (κ1) is 19.9. The SMILES string of the molecule is O=C(O)CC1C(=O)N(Cc2cc(F)cc(F)c2)CCN1CCc1ccccc1. The molecule has 1 heterocycles. The van der Waals surface area contributed by atoms with Crippen LogP contribution in [0.2, 0.25) is 0 Å². The summed E-state index contributed by atoms with van der Waals surface area (Å²) in [5.41, 5.74) is 1.46. The Morgan fingerprint density at radius 1 is 1.04 bits per heavy atom. The maximum absolute atomic E-state index is 13.4. The van der Waals surface area contributed by atoms with Crippen LogP contribution < -0.4 is 0 Å². The van der Waals surface area contributed by atoms with E-state index in [1.807, 2.05) is 35.2 Å². The van der Waals surface area contributed by atoms with Gasteiger partial charge in [0.05, 0.1) is 12.5 Å². The average molecular weight is 388 g/mol. The largest absolute Gasteiger partial charge is 0.481 e. The Balaban J connectivity index is 1.70. The second-order valence-corrected chi connectivity index (χ2v) is 6.92. The van der Waals surface area contributed by atoms with E-state index in [1.54, 1.807) is 0 Å². The predicted molar refractivity (Wildman–Crippen MR) is 99.5 cm³/mol. The first-order valence-electron chi connectivity index (χ1n) is 9.16. The third-order valence-electron chi connectivity index (χ3n) is 4.89. The van der Waals surface area contributed by atoms with Crippen molar-refractivity contribution in [2.24, 2.45) is 0 Å². The van der Waals surface area contributed by atoms with Crippen molar-refractivity contribution in [3.63, 3.8) is 0 Å². The molecule has 1 unspecified atom stereocenters. The van der Waals surface area contributed by atoms with E-state index in [4.69, 9.17) is 0 Å². The monoisotopic (exact) mass is 388 g/mol. The fourth-order valence-corrected chi connectivity index (χ4v) is 3.53. The first-order chi connectivity index (χ1) is 13.4. The van der Waals surface area contributed by atoms with Crippen LogP contribution in [0.25, 0.3) is 0 Å². The van der Waals surface area contributed by atoms with Crippen molar-refractivity contribution in [2.75, 3.05) is 19.6 Å². The number of rotatable bonds is 7. The van der Waals surface area contributed by atoms with Gasteiger partial charge in [-0.3, -0.25) is 14.5 Å². The normalized spacial score (nSPS) is 17.7. The zero-order chi connectivity index (χ0) is 20.1. The molecule has 5 nitrogen and oxygen atoms in total. The Kier molecular flexibility index (Phi) is 6.36. The molecule has 3 rings (SSSR count). The van der Waals surface area contributed by atoms with Crippen molar-refractivity contribution in [1.29, 1.82) is 0 Å². The van der Waals surface area contributed by atoms with E-state index in [1.165, 1.54) is 17.0 Å². The van der Waals surface area contributed by atoms with Crippen molar-refractivity contribution < 1.29 is 23.5 Å². The molecular weight excluding hydrogens is 366 g/mol. The predicted octanol–water partition coefficient (Wildman–Crippen LogP) is 2.70. The van der Waals surface area contributed by atoms with Crippen LogP contribution in [0.15, 0.2) is 48.5 Å². The van der Waals surface area contributed by atoms with E-state index in [2.05, 4.69) is 0 Å². The Morgan fingerprint density at radius 2 is 1.71 bits per heavy atom. The van der Waals surface area contributed by atoms with Crippen LogP contribution in [0.4, 0.5) is 8.78 Å². The number of carbonyl (C=O) groups excluding carboxylic acids is 1. The summed E-state index contributed by atoms with van der Waals surface area (Å²) in [7, 11) is 0. The van der Waals surface area contributed by atoms with E-state index in [0.29, 0.717) is 31.6 Å². The standard InChI is InChI=1S/C21H22F2N2O3/c22-17-10-16(11-18(23)12-17)14-25-9-8-24(19(21(25)28)13-20(26)27)7-6-15-4-2-1-3-5-15/h1-5,10-12,19H,6-9,13-14H2,(H,26,27). The molecule has 0 aliphatic carbocycles. The molecule has 28 heavy (non-hydrogen) atoms. The van der Waals surface area contributed by atoms with Gasteiger partial charge in [-0.05, 0) is 29.7 Å². The van der Waals surface area contributed by atoms with E-state index in [9.17, 15) is 23.5 Å². The van der Waals surface area contributed by atoms with Crippen LogP contribution in [0.1, 0.15) is 17.5 Å². The van der Waals surface area contributed by atoms with Gasteiger partial charge in [0.1, 0.15) is 11.6 Å². The lowest BCUT2D eigenvalue weighted by Gasteiger charge is -2.40. The van der Waals surface area contributed by atoms with Gasteiger partial charge < -0.3 is 10.0 Å². The van der Waals surface area contributed by atoms with E-state index in [0.717, 1.165) is 11.6 Å². The minimum Gasteiger partial charge on any atom is -0.481 e. The van der Waals surface area contributed by atoms with Crippen LogP contribution >= 0.6 is 0 Å². The number of aliphatic carboxylic acids is 1. The molecule has 2 aromatic rings. The average Bonchev–Trinajstić information content (AvgIpc) is 2.64. The summed E-state index contributed by atoms with van der Waals surface area (Å²) in [6.45, 7) is 1.50. The molecule has 0 spiro atoms. The summed E-state index contributed by atoms with van der Waals surface area (Å²) >= 11 is 0. The number of carbonyl (C=O) groups is 2. The van der Waals surface area contributed by atoms with Crippen LogP contribution in [0.3, 0.4) is 0 Å². The van der Waals surface area contributed by atoms with Crippen molar-refractivity contribution in [1.82, 2.24) is 9.80 Å². The Morgan fingerprint density at radius 3 is 2.36 bits per heavy atom. The van der Waals surface area contributed by atoms with Gasteiger partial charge in [-0.2, -0.15) is 0 Å². The van der Waals surface area contributed by atoms with Crippen molar-refractivity contribution in [2.45, 2.75) is 25.4 Å². The highest BCUT2D eigenvalue weighted by molar-refractivity contribution is 5.86. The molecule has 7 heteroatoms. The lowest BCUT2D eigenvalue weighted by molar-refractivity contribution is -0.149. The lowest BCUT2D eigenvalue weighted by atomic mass is 10.0. The number of nitrogens with zero attached hydrogens (tertiary/aromatic N) is 2. The molecule has 1 aliphatic rings. The van der Waals surface area contributed by atoms with Crippen molar-refractivity contribution >= 4 is 11.9 Å². The third kappa shape index (κ3) is 5.13. The molecule has 148 valence electrons. The Labute approximate surface area is 162 Å². The summed E-state index contributed by atoms with van der Waals surface area (Å²) in [6, 6.07) is 12.1. The fourth-order valence-electron chi connectivity index (χ4n) is 3.53. The van der Waals surface area contributed by atoms with Gasteiger partial charge in [-0.1, -0.05) is 30.3 Å². The summed E-state index contributed by atoms with van der Waals surface area (Å²) in [4.78, 5) is 27.5. The Hall–Kier alpha value is -2.80. The molecule has 1 fully saturated rings. The van der Waals surface area contributed by atoms with Crippen LogP contribution in [0, 0.1) is 11.6 Å². The summed E-state index contributed by atoms with van der Waals surface area (Å²) < 4.78 is 26.8. The van der Waals surface area contributed by atoms with E-state index < -0.39 is 23.6 Å². The molecule has 0 bridgehead atoms. The van der Waals surface area contributed by atoms with Gasteiger partial charge in [0.25, 0.3) is 0 Å². The topological polar surface area (TPSA) is 60.9 Å². The molecule has 1 amide bonds. The number of amides is 1. The van der Waals surface area contributed by atoms with E-state index >= 15 is 0 Å². The molecule has 2 aromatic carbocycles. The number of hydrogen-bond donors (Lipinski definition) is 1. The molecule has 1 aliphatic heterocycles. The van der Waals surface area contributed by atoms with Crippen LogP contribution in [-0.2, 0) is 22.6 Å². The molecule has 1 saturated heterocycles. The highest BCUT2D eigenvalue weighted by Gasteiger charge is 2.36. The number of carboxylic acid groups (broad SMARTS) is 1. The minimum atomic E-state index is -1.05. The molecule has 1 atom stereocenters. The maximum atomic E-state index is 13.4.